The molecule has 6 heteroatoms. The van der Waals surface area contributed by atoms with Crippen LogP contribution in [0.2, 0.25) is 0 Å². The molecular formula is C13H18BrNO2S2. The molecule has 1 aliphatic carbocycles. The number of aryl methyl sites for hydroxylation is 1. The summed E-state index contributed by atoms with van der Waals surface area (Å²) in [6.45, 7) is 2.05. The van der Waals surface area contributed by atoms with Crippen LogP contribution in [0.3, 0.4) is 0 Å². The Hall–Kier alpha value is 0.0900. The predicted octanol–water partition coefficient (Wildman–Crippen LogP) is 3.05. The Bertz CT molecular complexity index is 596. The lowest BCUT2D eigenvalue weighted by Gasteiger charge is -2.33. The van der Waals surface area contributed by atoms with Crippen LogP contribution in [-0.2, 0) is 16.3 Å². The maximum Gasteiger partial charge on any atom is 0.152 e. The van der Waals surface area contributed by atoms with Crippen molar-refractivity contribution in [3.63, 3.8) is 0 Å². The molecule has 1 aromatic heterocycles. The second-order valence-electron chi connectivity index (χ2n) is 5.92. The van der Waals surface area contributed by atoms with Gasteiger partial charge in [0.05, 0.1) is 15.3 Å². The van der Waals surface area contributed by atoms with Crippen molar-refractivity contribution >= 4 is 37.1 Å². The van der Waals surface area contributed by atoms with Gasteiger partial charge in [-0.3, -0.25) is 0 Å². The van der Waals surface area contributed by atoms with Gasteiger partial charge in [0.1, 0.15) is 0 Å². The van der Waals surface area contributed by atoms with Gasteiger partial charge in [-0.05, 0) is 60.2 Å². The van der Waals surface area contributed by atoms with Crippen molar-refractivity contribution in [2.24, 2.45) is 0 Å². The molecule has 0 radical (unpaired) electrons. The molecule has 1 saturated heterocycles. The average Bonchev–Trinajstić information content (AvgIpc) is 2.79. The fourth-order valence-electron chi connectivity index (χ4n) is 3.22. The minimum atomic E-state index is -2.85. The van der Waals surface area contributed by atoms with Crippen LogP contribution < -0.4 is 5.32 Å². The number of thiophene rings is 1. The monoisotopic (exact) mass is 363 g/mol. The number of nitrogens with one attached hydrogen (secondary N) is 1. The minimum Gasteiger partial charge on any atom is -0.304 e. The molecule has 0 spiro atoms. The van der Waals surface area contributed by atoms with Crippen LogP contribution >= 0.6 is 27.3 Å². The molecule has 0 aromatic carbocycles. The first-order valence-corrected chi connectivity index (χ1v) is 10.1. The Kier molecular flexibility index (Phi) is 3.57. The number of hydrogen-bond acceptors (Lipinski definition) is 4. The largest absolute Gasteiger partial charge is 0.304 e. The van der Waals surface area contributed by atoms with Crippen LogP contribution in [0.1, 0.15) is 42.7 Å². The minimum absolute atomic E-state index is 0.257. The molecule has 19 heavy (non-hydrogen) atoms. The van der Waals surface area contributed by atoms with E-state index in [1.54, 1.807) is 0 Å². The van der Waals surface area contributed by atoms with Crippen LogP contribution in [0.15, 0.2) is 9.85 Å². The molecule has 106 valence electrons. The first-order valence-electron chi connectivity index (χ1n) is 6.63. The fourth-order valence-corrected chi connectivity index (χ4v) is 7.14. The highest BCUT2D eigenvalue weighted by atomic mass is 79.9. The predicted molar refractivity (Wildman–Crippen MR) is 82.5 cm³/mol. The van der Waals surface area contributed by atoms with E-state index in [9.17, 15) is 8.42 Å². The number of halogens is 1. The molecule has 0 saturated carbocycles. The summed E-state index contributed by atoms with van der Waals surface area (Å²) in [5.41, 5.74) is 1.11. The highest BCUT2D eigenvalue weighted by Crippen LogP contribution is 2.39. The third-order valence-electron chi connectivity index (χ3n) is 4.11. The molecule has 1 fully saturated rings. The summed E-state index contributed by atoms with van der Waals surface area (Å²) < 4.78 is 24.6. The molecule has 3 rings (SSSR count). The standard InChI is InChI=1S/C13H18BrNO2S2/c1-13(5-6-19(16,17)8-13)15-10-3-2-4-11-9(10)7-12(14)18-11/h7,10,15H,2-6,8H2,1H3. The Labute approximate surface area is 126 Å². The van der Waals surface area contributed by atoms with Crippen LogP contribution in [-0.4, -0.2) is 25.5 Å². The number of hydrogen-bond donors (Lipinski definition) is 1. The van der Waals surface area contributed by atoms with Crippen LogP contribution in [0.5, 0.6) is 0 Å². The van der Waals surface area contributed by atoms with Gasteiger partial charge in [-0.2, -0.15) is 0 Å². The molecular weight excluding hydrogens is 346 g/mol. The fraction of sp³-hybridized carbons (Fsp3) is 0.692. The molecule has 0 bridgehead atoms. The first-order chi connectivity index (χ1) is 8.87. The smallest absolute Gasteiger partial charge is 0.152 e. The molecule has 2 atom stereocenters. The summed E-state index contributed by atoms with van der Waals surface area (Å²) in [5, 5.41) is 3.63. The van der Waals surface area contributed by atoms with Crippen molar-refractivity contribution in [1.82, 2.24) is 5.32 Å². The van der Waals surface area contributed by atoms with Crippen molar-refractivity contribution in [1.29, 1.82) is 0 Å². The Morgan fingerprint density at radius 2 is 2.32 bits per heavy atom. The van der Waals surface area contributed by atoms with E-state index >= 15 is 0 Å². The molecule has 1 aliphatic heterocycles. The van der Waals surface area contributed by atoms with Gasteiger partial charge in [0.25, 0.3) is 0 Å². The third-order valence-corrected chi connectivity index (χ3v) is 7.73. The van der Waals surface area contributed by atoms with Crippen molar-refractivity contribution in [2.75, 3.05) is 11.5 Å². The van der Waals surface area contributed by atoms with Crippen molar-refractivity contribution in [3.8, 4) is 0 Å². The van der Waals surface area contributed by atoms with Crippen molar-refractivity contribution in [2.45, 2.75) is 44.2 Å². The van der Waals surface area contributed by atoms with Crippen molar-refractivity contribution in [3.05, 3.63) is 20.3 Å². The molecule has 2 unspecified atom stereocenters. The molecule has 1 aromatic rings. The SMILES string of the molecule is CC1(NC2CCCc3sc(Br)cc32)CCS(=O)(=O)C1. The van der Waals surface area contributed by atoms with Crippen molar-refractivity contribution < 1.29 is 8.42 Å². The van der Waals surface area contributed by atoms with Gasteiger partial charge in [-0.25, -0.2) is 8.42 Å². The van der Waals surface area contributed by atoms with Gasteiger partial charge in [-0.15, -0.1) is 11.3 Å². The summed E-state index contributed by atoms with van der Waals surface area (Å²) in [6, 6.07) is 2.51. The van der Waals surface area contributed by atoms with Gasteiger partial charge in [-0.1, -0.05) is 0 Å². The second-order valence-corrected chi connectivity index (χ2v) is 10.6. The van der Waals surface area contributed by atoms with Crippen LogP contribution in [0.4, 0.5) is 0 Å². The average molecular weight is 364 g/mol. The van der Waals surface area contributed by atoms with E-state index < -0.39 is 9.84 Å². The van der Waals surface area contributed by atoms with Gasteiger partial charge < -0.3 is 5.32 Å². The lowest BCUT2D eigenvalue weighted by molar-refractivity contribution is 0.321. The van der Waals surface area contributed by atoms with E-state index in [2.05, 4.69) is 27.3 Å². The van der Waals surface area contributed by atoms with E-state index in [4.69, 9.17) is 0 Å². The maximum atomic E-state index is 11.7. The highest BCUT2D eigenvalue weighted by Gasteiger charge is 2.40. The quantitative estimate of drug-likeness (QED) is 0.877. The summed E-state index contributed by atoms with van der Waals surface area (Å²) in [6.07, 6.45) is 4.16. The number of fused-ring (bicyclic) bond motifs is 1. The Morgan fingerprint density at radius 3 is 3.00 bits per heavy atom. The van der Waals surface area contributed by atoms with Gasteiger partial charge in [0.15, 0.2) is 9.84 Å². The van der Waals surface area contributed by atoms with E-state index in [0.717, 1.165) is 19.3 Å². The van der Waals surface area contributed by atoms with E-state index in [-0.39, 0.29) is 11.3 Å². The summed E-state index contributed by atoms with van der Waals surface area (Å²) in [5.74, 6) is 0.598. The third kappa shape index (κ3) is 2.91. The molecule has 2 aliphatic rings. The Balaban J connectivity index is 1.82. The van der Waals surface area contributed by atoms with E-state index in [1.165, 1.54) is 20.6 Å². The zero-order valence-electron chi connectivity index (χ0n) is 10.9. The summed E-state index contributed by atoms with van der Waals surface area (Å²) in [7, 11) is -2.85. The Morgan fingerprint density at radius 1 is 1.53 bits per heavy atom. The zero-order valence-corrected chi connectivity index (χ0v) is 14.1. The zero-order chi connectivity index (χ0) is 13.7. The number of rotatable bonds is 2. The lowest BCUT2D eigenvalue weighted by Crippen LogP contribution is -2.46. The van der Waals surface area contributed by atoms with E-state index in [0.29, 0.717) is 11.8 Å². The normalized spacial score (nSPS) is 33.3. The molecule has 0 amide bonds. The summed E-state index contributed by atoms with van der Waals surface area (Å²) in [4.78, 5) is 1.44. The van der Waals surface area contributed by atoms with Gasteiger partial charge >= 0.3 is 0 Å². The lowest BCUT2D eigenvalue weighted by atomic mass is 9.90. The van der Waals surface area contributed by atoms with Gasteiger partial charge in [0.2, 0.25) is 0 Å². The summed E-state index contributed by atoms with van der Waals surface area (Å²) >= 11 is 5.37. The highest BCUT2D eigenvalue weighted by molar-refractivity contribution is 9.11. The van der Waals surface area contributed by atoms with Gasteiger partial charge in [0, 0.05) is 16.5 Å². The maximum absolute atomic E-state index is 11.7. The second kappa shape index (κ2) is 4.83. The molecule has 3 nitrogen and oxygen atoms in total. The van der Waals surface area contributed by atoms with E-state index in [1.807, 2.05) is 18.3 Å². The number of sulfone groups is 1. The topological polar surface area (TPSA) is 46.2 Å². The molecule has 2 heterocycles. The van der Waals surface area contributed by atoms with Crippen LogP contribution in [0.25, 0.3) is 0 Å². The first kappa shape index (κ1) is 14.0. The van der Waals surface area contributed by atoms with Crippen LogP contribution in [0, 0.1) is 0 Å². The molecule has 1 N–H and O–H groups in total.